The molecule has 1 heterocycles. The average Bonchev–Trinajstić information content (AvgIpc) is 2.70. The second-order valence-corrected chi connectivity index (χ2v) is 6.35. The Balaban J connectivity index is 2.37. The van der Waals surface area contributed by atoms with Crippen LogP contribution in [0.3, 0.4) is 0 Å². The predicted molar refractivity (Wildman–Crippen MR) is 88.2 cm³/mol. The molecule has 0 unspecified atom stereocenters. The van der Waals surface area contributed by atoms with E-state index in [0.717, 1.165) is 0 Å². The number of rotatable bonds is 1. The van der Waals surface area contributed by atoms with E-state index in [9.17, 15) is 4.39 Å². The summed E-state index contributed by atoms with van der Waals surface area (Å²) < 4.78 is 15.6. The summed E-state index contributed by atoms with van der Waals surface area (Å²) in [6.45, 7) is 0. The van der Waals surface area contributed by atoms with E-state index in [1.807, 2.05) is 0 Å². The quantitative estimate of drug-likeness (QED) is 0.542. The standard InChI is InChI=1S/C13H6BrCl3FN3/c14-5-1-10-12(4-9(5)18)21(13(19)20-10)11-3-7(16)6(15)2-8(11)17/h1-4H,(H2,19,20). The molecule has 0 spiro atoms. The first-order valence-electron chi connectivity index (χ1n) is 5.66. The number of fused-ring (bicyclic) bond motifs is 1. The van der Waals surface area contributed by atoms with Crippen LogP contribution in [-0.2, 0) is 0 Å². The van der Waals surface area contributed by atoms with Crippen molar-refractivity contribution in [1.82, 2.24) is 9.55 Å². The van der Waals surface area contributed by atoms with Crippen molar-refractivity contribution in [2.24, 2.45) is 0 Å². The molecule has 0 aliphatic rings. The van der Waals surface area contributed by atoms with Crippen LogP contribution in [0.1, 0.15) is 0 Å². The van der Waals surface area contributed by atoms with Gasteiger partial charge in [0, 0.05) is 6.07 Å². The number of benzene rings is 2. The van der Waals surface area contributed by atoms with Gasteiger partial charge in [-0.2, -0.15) is 0 Å². The fraction of sp³-hybridized carbons (Fsp3) is 0. The van der Waals surface area contributed by atoms with Crippen LogP contribution in [0.15, 0.2) is 28.7 Å². The maximum atomic E-state index is 13.8. The van der Waals surface area contributed by atoms with Crippen molar-refractivity contribution in [3.8, 4) is 5.69 Å². The normalized spacial score (nSPS) is 11.3. The van der Waals surface area contributed by atoms with Crippen molar-refractivity contribution in [2.75, 3.05) is 5.73 Å². The fourth-order valence-corrected chi connectivity index (χ4v) is 2.98. The summed E-state index contributed by atoms with van der Waals surface area (Å²) in [6.07, 6.45) is 0. The first-order valence-corrected chi connectivity index (χ1v) is 7.59. The topological polar surface area (TPSA) is 43.8 Å². The molecule has 0 saturated carbocycles. The van der Waals surface area contributed by atoms with Crippen LogP contribution in [0.2, 0.25) is 15.1 Å². The van der Waals surface area contributed by atoms with E-state index in [1.54, 1.807) is 12.1 Å². The highest BCUT2D eigenvalue weighted by molar-refractivity contribution is 9.10. The summed E-state index contributed by atoms with van der Waals surface area (Å²) in [4.78, 5) is 4.19. The molecular formula is C13H6BrCl3FN3. The molecule has 0 bridgehead atoms. The zero-order valence-electron chi connectivity index (χ0n) is 10.2. The minimum absolute atomic E-state index is 0.169. The lowest BCUT2D eigenvalue weighted by atomic mass is 10.2. The number of nitrogen functional groups attached to an aromatic ring is 1. The van der Waals surface area contributed by atoms with Gasteiger partial charge in [-0.1, -0.05) is 34.8 Å². The summed E-state index contributed by atoms with van der Waals surface area (Å²) in [5.41, 5.74) is 7.41. The number of hydrogen-bond acceptors (Lipinski definition) is 2. The van der Waals surface area contributed by atoms with E-state index in [2.05, 4.69) is 20.9 Å². The summed E-state index contributed by atoms with van der Waals surface area (Å²) in [7, 11) is 0. The number of imidazole rings is 1. The molecule has 0 radical (unpaired) electrons. The summed E-state index contributed by atoms with van der Waals surface area (Å²) in [5, 5.41) is 0.968. The Morgan fingerprint density at radius 1 is 1.05 bits per heavy atom. The largest absolute Gasteiger partial charge is 0.369 e. The molecule has 0 aliphatic carbocycles. The number of halogens is 5. The third-order valence-corrected chi connectivity index (χ3v) is 4.59. The Morgan fingerprint density at radius 3 is 2.43 bits per heavy atom. The number of anilines is 1. The van der Waals surface area contributed by atoms with Crippen LogP contribution in [0.25, 0.3) is 16.7 Å². The SMILES string of the molecule is Nc1nc2cc(Br)c(F)cc2n1-c1cc(Cl)c(Cl)cc1Cl. The average molecular weight is 409 g/mol. The molecule has 0 amide bonds. The van der Waals surface area contributed by atoms with Gasteiger partial charge in [0.15, 0.2) is 0 Å². The molecule has 2 N–H and O–H groups in total. The van der Waals surface area contributed by atoms with Gasteiger partial charge in [-0.15, -0.1) is 0 Å². The fourth-order valence-electron chi connectivity index (χ4n) is 2.03. The zero-order valence-corrected chi connectivity index (χ0v) is 14.0. The van der Waals surface area contributed by atoms with Gasteiger partial charge in [-0.05, 0) is 34.1 Å². The highest BCUT2D eigenvalue weighted by Gasteiger charge is 2.16. The maximum Gasteiger partial charge on any atom is 0.205 e. The third kappa shape index (κ3) is 2.48. The first kappa shape index (κ1) is 14.9. The van der Waals surface area contributed by atoms with Gasteiger partial charge < -0.3 is 5.73 Å². The number of aromatic nitrogens is 2. The van der Waals surface area contributed by atoms with Crippen molar-refractivity contribution < 1.29 is 4.39 Å². The minimum atomic E-state index is -0.431. The van der Waals surface area contributed by atoms with Gasteiger partial charge in [0.2, 0.25) is 5.95 Å². The number of hydrogen-bond donors (Lipinski definition) is 1. The van der Waals surface area contributed by atoms with Crippen LogP contribution in [0.4, 0.5) is 10.3 Å². The smallest absolute Gasteiger partial charge is 0.205 e. The molecule has 0 saturated heterocycles. The molecule has 8 heteroatoms. The summed E-state index contributed by atoms with van der Waals surface area (Å²) >= 11 is 21.2. The van der Waals surface area contributed by atoms with Crippen molar-refractivity contribution in [1.29, 1.82) is 0 Å². The van der Waals surface area contributed by atoms with Gasteiger partial charge in [-0.25, -0.2) is 9.37 Å². The molecule has 0 aliphatic heterocycles. The van der Waals surface area contributed by atoms with Crippen LogP contribution < -0.4 is 5.73 Å². The highest BCUT2D eigenvalue weighted by atomic mass is 79.9. The molecule has 3 nitrogen and oxygen atoms in total. The van der Waals surface area contributed by atoms with Crippen molar-refractivity contribution in [3.63, 3.8) is 0 Å². The molecule has 3 aromatic rings. The van der Waals surface area contributed by atoms with Gasteiger partial charge in [0.05, 0.1) is 36.3 Å². The zero-order chi connectivity index (χ0) is 15.3. The van der Waals surface area contributed by atoms with Gasteiger partial charge in [-0.3, -0.25) is 4.57 Å². The van der Waals surface area contributed by atoms with Crippen LogP contribution >= 0.6 is 50.7 Å². The second-order valence-electron chi connectivity index (χ2n) is 4.28. The van der Waals surface area contributed by atoms with Crippen molar-refractivity contribution >= 4 is 67.7 Å². The van der Waals surface area contributed by atoms with Crippen LogP contribution in [0, 0.1) is 5.82 Å². The van der Waals surface area contributed by atoms with Gasteiger partial charge >= 0.3 is 0 Å². The molecule has 21 heavy (non-hydrogen) atoms. The summed E-state index contributed by atoms with van der Waals surface area (Å²) in [5.74, 6) is -0.261. The van der Waals surface area contributed by atoms with E-state index in [1.165, 1.54) is 16.7 Å². The van der Waals surface area contributed by atoms with E-state index in [-0.39, 0.29) is 5.95 Å². The third-order valence-electron chi connectivity index (χ3n) is 2.95. The molecule has 2 aromatic carbocycles. The predicted octanol–water partition coefficient (Wildman–Crippen LogP) is 5.47. The Morgan fingerprint density at radius 2 is 1.71 bits per heavy atom. The maximum absolute atomic E-state index is 13.8. The summed E-state index contributed by atoms with van der Waals surface area (Å²) in [6, 6.07) is 5.93. The van der Waals surface area contributed by atoms with E-state index >= 15 is 0 Å². The van der Waals surface area contributed by atoms with E-state index in [4.69, 9.17) is 40.5 Å². The monoisotopic (exact) mass is 407 g/mol. The van der Waals surface area contributed by atoms with Crippen molar-refractivity contribution in [2.45, 2.75) is 0 Å². The Labute approximate surface area is 142 Å². The minimum Gasteiger partial charge on any atom is -0.369 e. The number of nitrogens with two attached hydrogens (primary N) is 1. The molecule has 0 atom stereocenters. The lowest BCUT2D eigenvalue weighted by Crippen LogP contribution is -2.01. The molecule has 1 aromatic heterocycles. The molecule has 108 valence electrons. The van der Waals surface area contributed by atoms with E-state index in [0.29, 0.717) is 36.3 Å². The van der Waals surface area contributed by atoms with E-state index < -0.39 is 5.82 Å². The Bertz CT molecular complexity index is 879. The lowest BCUT2D eigenvalue weighted by molar-refractivity contribution is 0.622. The van der Waals surface area contributed by atoms with Gasteiger partial charge in [0.1, 0.15) is 5.82 Å². The molecule has 3 rings (SSSR count). The van der Waals surface area contributed by atoms with Gasteiger partial charge in [0.25, 0.3) is 0 Å². The first-order chi connectivity index (χ1) is 9.88. The Hall–Kier alpha value is -1.01. The number of nitrogens with zero attached hydrogens (tertiary/aromatic N) is 2. The molecule has 0 fully saturated rings. The highest BCUT2D eigenvalue weighted by Crippen LogP contribution is 2.35. The van der Waals surface area contributed by atoms with Crippen LogP contribution in [0.5, 0.6) is 0 Å². The molecular weight excluding hydrogens is 403 g/mol. The van der Waals surface area contributed by atoms with Crippen molar-refractivity contribution in [3.05, 3.63) is 49.6 Å². The second kappa shape index (κ2) is 5.32. The Kier molecular flexibility index (Phi) is 3.78. The van der Waals surface area contributed by atoms with Crippen LogP contribution in [-0.4, -0.2) is 9.55 Å². The lowest BCUT2D eigenvalue weighted by Gasteiger charge is -2.10.